The van der Waals surface area contributed by atoms with E-state index in [0.29, 0.717) is 0 Å². The fourth-order valence-electron chi connectivity index (χ4n) is 3.52. The van der Waals surface area contributed by atoms with Crippen molar-refractivity contribution in [3.63, 3.8) is 0 Å². The highest BCUT2D eigenvalue weighted by Gasteiger charge is 2.39. The first-order valence-electron chi connectivity index (χ1n) is 7.45. The van der Waals surface area contributed by atoms with Crippen molar-refractivity contribution >= 4 is 0 Å². The highest BCUT2D eigenvalue weighted by Crippen LogP contribution is 2.38. The van der Waals surface area contributed by atoms with E-state index >= 15 is 0 Å². The van der Waals surface area contributed by atoms with E-state index in [1.807, 2.05) is 20.9 Å². The molecule has 0 spiro atoms. The molecule has 1 aromatic carbocycles. The van der Waals surface area contributed by atoms with Crippen LogP contribution in [0.4, 0.5) is 4.39 Å². The minimum atomic E-state index is -0.102. The van der Waals surface area contributed by atoms with E-state index in [1.54, 1.807) is 6.07 Å². The Labute approximate surface area is 123 Å². The van der Waals surface area contributed by atoms with E-state index in [0.717, 1.165) is 29.5 Å². The van der Waals surface area contributed by atoms with Crippen LogP contribution in [0.1, 0.15) is 49.4 Å². The number of nitrogens with one attached hydrogen (secondary N) is 1. The Hall–Kier alpha value is -0.930. The number of halogens is 1. The lowest BCUT2D eigenvalue weighted by Crippen LogP contribution is -2.52. The minimum absolute atomic E-state index is 0.0203. The van der Waals surface area contributed by atoms with E-state index in [2.05, 4.69) is 44.2 Å². The van der Waals surface area contributed by atoms with Gasteiger partial charge in [-0.3, -0.25) is 0 Å². The Kier molecular flexibility index (Phi) is 5.72. The Morgan fingerprint density at radius 1 is 1.20 bits per heavy atom. The largest absolute Gasteiger partial charge is 0.311 e. The number of benzene rings is 1. The van der Waals surface area contributed by atoms with Gasteiger partial charge in [-0.1, -0.05) is 19.9 Å². The van der Waals surface area contributed by atoms with Gasteiger partial charge >= 0.3 is 0 Å². The second-order valence-corrected chi connectivity index (χ2v) is 5.90. The summed E-state index contributed by atoms with van der Waals surface area (Å²) < 4.78 is 14.6. The fraction of sp³-hybridized carbons (Fsp3) is 0.647. The third-order valence-corrected chi connectivity index (χ3v) is 4.71. The van der Waals surface area contributed by atoms with Crippen molar-refractivity contribution in [3.8, 4) is 0 Å². The van der Waals surface area contributed by atoms with Gasteiger partial charge in [0.05, 0.1) is 6.04 Å². The van der Waals surface area contributed by atoms with E-state index in [9.17, 15) is 4.39 Å². The standard InChI is InChI=1S/C17H29FN2/c1-8-17(9-2,20(6)7)16(19-5)15-13(4)10-12(3)11-14(15)18/h10-11,16,19H,8-9H2,1-7H3. The topological polar surface area (TPSA) is 15.3 Å². The first-order chi connectivity index (χ1) is 9.33. The third kappa shape index (κ3) is 2.89. The summed E-state index contributed by atoms with van der Waals surface area (Å²) in [7, 11) is 6.09. The summed E-state index contributed by atoms with van der Waals surface area (Å²) in [5.41, 5.74) is 2.71. The van der Waals surface area contributed by atoms with Crippen LogP contribution in [0.15, 0.2) is 12.1 Å². The van der Waals surface area contributed by atoms with Crippen molar-refractivity contribution in [2.75, 3.05) is 21.1 Å². The third-order valence-electron chi connectivity index (χ3n) is 4.71. The number of hydrogen-bond donors (Lipinski definition) is 1. The van der Waals surface area contributed by atoms with Crippen LogP contribution in [0.5, 0.6) is 0 Å². The van der Waals surface area contributed by atoms with Crippen molar-refractivity contribution in [3.05, 3.63) is 34.6 Å². The quantitative estimate of drug-likeness (QED) is 0.852. The highest BCUT2D eigenvalue weighted by molar-refractivity contribution is 5.36. The molecule has 0 aliphatic heterocycles. The number of nitrogens with zero attached hydrogens (tertiary/aromatic N) is 1. The first kappa shape index (κ1) is 17.1. The molecule has 0 saturated carbocycles. The maximum atomic E-state index is 14.6. The Morgan fingerprint density at radius 3 is 2.10 bits per heavy atom. The molecule has 0 heterocycles. The monoisotopic (exact) mass is 280 g/mol. The second kappa shape index (κ2) is 6.68. The van der Waals surface area contributed by atoms with Crippen LogP contribution in [0.25, 0.3) is 0 Å². The summed E-state index contributed by atoms with van der Waals surface area (Å²) in [5, 5.41) is 3.36. The zero-order valence-corrected chi connectivity index (χ0v) is 14.0. The smallest absolute Gasteiger partial charge is 0.128 e. The second-order valence-electron chi connectivity index (χ2n) is 5.90. The molecule has 2 nitrogen and oxygen atoms in total. The normalized spacial score (nSPS) is 13.8. The SMILES string of the molecule is CCC(CC)(C(NC)c1c(C)cc(C)cc1F)N(C)C. The van der Waals surface area contributed by atoms with Crippen LogP contribution in [-0.4, -0.2) is 31.6 Å². The lowest BCUT2D eigenvalue weighted by Gasteiger charge is -2.45. The van der Waals surface area contributed by atoms with Crippen LogP contribution in [0, 0.1) is 19.7 Å². The predicted octanol–water partition coefficient (Wildman–Crippen LogP) is 3.82. The van der Waals surface area contributed by atoms with E-state index in [4.69, 9.17) is 0 Å². The number of aryl methyl sites for hydroxylation is 2. The lowest BCUT2D eigenvalue weighted by molar-refractivity contribution is 0.0898. The van der Waals surface area contributed by atoms with Crippen molar-refractivity contribution < 1.29 is 4.39 Å². The Balaban J connectivity index is 3.46. The van der Waals surface area contributed by atoms with Crippen LogP contribution < -0.4 is 5.32 Å². The summed E-state index contributed by atoms with van der Waals surface area (Å²) in [6, 6.07) is 3.68. The first-order valence-corrected chi connectivity index (χ1v) is 7.45. The van der Waals surface area contributed by atoms with Crippen molar-refractivity contribution in [1.82, 2.24) is 10.2 Å². The van der Waals surface area contributed by atoms with Gasteiger partial charge in [0, 0.05) is 11.1 Å². The summed E-state index contributed by atoms with van der Waals surface area (Å²) in [5.74, 6) is -0.102. The molecule has 1 rings (SSSR count). The summed E-state index contributed by atoms with van der Waals surface area (Å²) in [4.78, 5) is 2.23. The van der Waals surface area contributed by atoms with Gasteiger partial charge in [-0.15, -0.1) is 0 Å². The van der Waals surface area contributed by atoms with Crippen LogP contribution in [0.2, 0.25) is 0 Å². The van der Waals surface area contributed by atoms with Crippen molar-refractivity contribution in [2.45, 2.75) is 52.1 Å². The summed E-state index contributed by atoms with van der Waals surface area (Å²) in [6.07, 6.45) is 1.93. The van der Waals surface area contributed by atoms with Crippen molar-refractivity contribution in [1.29, 1.82) is 0 Å². The average Bonchev–Trinajstić information content (AvgIpc) is 2.37. The predicted molar refractivity (Wildman–Crippen MR) is 84.7 cm³/mol. The van der Waals surface area contributed by atoms with E-state index < -0.39 is 0 Å². The molecule has 0 aliphatic carbocycles. The van der Waals surface area contributed by atoms with E-state index in [1.165, 1.54) is 0 Å². The average molecular weight is 280 g/mol. The molecular weight excluding hydrogens is 251 g/mol. The van der Waals surface area contributed by atoms with Gasteiger partial charge in [0.15, 0.2) is 0 Å². The van der Waals surface area contributed by atoms with Gasteiger partial charge in [-0.25, -0.2) is 4.39 Å². The number of hydrogen-bond acceptors (Lipinski definition) is 2. The molecule has 0 radical (unpaired) electrons. The van der Waals surface area contributed by atoms with Crippen LogP contribution >= 0.6 is 0 Å². The van der Waals surface area contributed by atoms with Gasteiger partial charge in [0.25, 0.3) is 0 Å². The van der Waals surface area contributed by atoms with Crippen molar-refractivity contribution in [2.24, 2.45) is 0 Å². The summed E-state index contributed by atoms with van der Waals surface area (Å²) in [6.45, 7) is 8.29. The molecule has 1 aromatic rings. The Bertz CT molecular complexity index is 427. The molecule has 1 atom stereocenters. The highest BCUT2D eigenvalue weighted by atomic mass is 19.1. The van der Waals surface area contributed by atoms with Gasteiger partial charge in [-0.2, -0.15) is 0 Å². The molecule has 3 heteroatoms. The zero-order chi connectivity index (χ0) is 15.5. The molecule has 0 aromatic heterocycles. The molecule has 1 unspecified atom stereocenters. The van der Waals surface area contributed by atoms with Crippen LogP contribution in [0.3, 0.4) is 0 Å². The number of likely N-dealkylation sites (N-methyl/N-ethyl adjacent to an activating group) is 2. The molecule has 1 N–H and O–H groups in total. The molecule has 0 amide bonds. The molecule has 0 aliphatic rings. The molecule has 0 fully saturated rings. The fourth-order valence-corrected chi connectivity index (χ4v) is 3.52. The molecular formula is C17H29FN2. The van der Waals surface area contributed by atoms with Gasteiger partial charge in [0.2, 0.25) is 0 Å². The van der Waals surface area contributed by atoms with Gasteiger partial charge in [-0.05, 0) is 65.0 Å². The molecule has 0 saturated heterocycles. The number of rotatable bonds is 6. The van der Waals surface area contributed by atoms with E-state index in [-0.39, 0.29) is 17.4 Å². The molecule has 0 bridgehead atoms. The molecule has 114 valence electrons. The molecule has 20 heavy (non-hydrogen) atoms. The Morgan fingerprint density at radius 2 is 1.75 bits per heavy atom. The summed E-state index contributed by atoms with van der Waals surface area (Å²) >= 11 is 0. The maximum Gasteiger partial charge on any atom is 0.128 e. The van der Waals surface area contributed by atoms with Crippen LogP contribution in [-0.2, 0) is 0 Å². The lowest BCUT2D eigenvalue weighted by atomic mass is 9.78. The van der Waals surface area contributed by atoms with Gasteiger partial charge < -0.3 is 10.2 Å². The minimum Gasteiger partial charge on any atom is -0.311 e. The zero-order valence-electron chi connectivity index (χ0n) is 14.0. The van der Waals surface area contributed by atoms with Gasteiger partial charge in [0.1, 0.15) is 5.82 Å². The maximum absolute atomic E-state index is 14.6.